The first-order chi connectivity index (χ1) is 7.16. The maximum atomic E-state index is 11.1. The molecule has 0 bridgehead atoms. The molecule has 15 heavy (non-hydrogen) atoms. The van der Waals surface area contributed by atoms with Crippen LogP contribution in [-0.2, 0) is 9.31 Å². The lowest BCUT2D eigenvalue weighted by Gasteiger charge is -2.05. The summed E-state index contributed by atoms with van der Waals surface area (Å²) >= 11 is 0. The second kappa shape index (κ2) is 4.17. The van der Waals surface area contributed by atoms with E-state index in [9.17, 15) is 4.79 Å². The molecule has 1 heterocycles. The van der Waals surface area contributed by atoms with Crippen LogP contribution in [0.3, 0.4) is 0 Å². The van der Waals surface area contributed by atoms with Crippen molar-refractivity contribution in [3.8, 4) is 0 Å². The Labute approximate surface area is 89.5 Å². The van der Waals surface area contributed by atoms with Crippen LogP contribution in [-0.4, -0.2) is 25.6 Å². The van der Waals surface area contributed by atoms with Crippen molar-refractivity contribution < 1.29 is 14.1 Å². The lowest BCUT2D eigenvalue weighted by atomic mass is 9.79. The molecule has 0 aliphatic carbocycles. The fraction of sp³-hybridized carbons (Fsp3) is 0.364. The Hall–Kier alpha value is -1.13. The summed E-state index contributed by atoms with van der Waals surface area (Å²) in [5, 5.41) is 0. The molecule has 1 aliphatic rings. The normalized spacial score (nSPS) is 20.7. The van der Waals surface area contributed by atoms with Gasteiger partial charge < -0.3 is 9.31 Å². The summed E-state index contributed by atoms with van der Waals surface area (Å²) in [6.45, 7) is 4.16. The molecule has 2 rings (SSSR count). The van der Waals surface area contributed by atoms with Crippen LogP contribution >= 0.6 is 0 Å². The molecule has 1 unspecified atom stereocenters. The van der Waals surface area contributed by atoms with Crippen LogP contribution in [0.4, 0.5) is 0 Å². The monoisotopic (exact) mass is 204 g/mol. The van der Waals surface area contributed by atoms with Crippen LogP contribution in [0.2, 0.25) is 0 Å². The molecule has 1 aromatic rings. The lowest BCUT2D eigenvalue weighted by molar-refractivity contribution is 0.101. The number of hydrogen-bond donors (Lipinski definition) is 0. The van der Waals surface area contributed by atoms with Gasteiger partial charge in [-0.05, 0) is 19.3 Å². The second-order valence-electron chi connectivity index (χ2n) is 3.79. The second-order valence-corrected chi connectivity index (χ2v) is 3.79. The van der Waals surface area contributed by atoms with E-state index in [0.717, 1.165) is 5.46 Å². The fourth-order valence-electron chi connectivity index (χ4n) is 1.56. The van der Waals surface area contributed by atoms with E-state index < -0.39 is 0 Å². The van der Waals surface area contributed by atoms with Gasteiger partial charge >= 0.3 is 7.12 Å². The van der Waals surface area contributed by atoms with E-state index in [2.05, 4.69) is 0 Å². The summed E-state index contributed by atoms with van der Waals surface area (Å²) in [5.74, 6) is 0.0724. The zero-order chi connectivity index (χ0) is 10.8. The van der Waals surface area contributed by atoms with Gasteiger partial charge in [0.2, 0.25) is 0 Å². The molecule has 4 heteroatoms. The summed E-state index contributed by atoms with van der Waals surface area (Å²) in [6.07, 6.45) is 0.141. The van der Waals surface area contributed by atoms with Crippen LogP contribution < -0.4 is 5.46 Å². The minimum atomic E-state index is -0.277. The Balaban J connectivity index is 2.13. The van der Waals surface area contributed by atoms with Gasteiger partial charge in [-0.25, -0.2) is 0 Å². The van der Waals surface area contributed by atoms with Crippen molar-refractivity contribution in [2.75, 3.05) is 6.61 Å². The number of ketones is 1. The maximum absolute atomic E-state index is 11.1. The van der Waals surface area contributed by atoms with Crippen LogP contribution in [0, 0.1) is 0 Å². The first-order valence-electron chi connectivity index (χ1n) is 5.05. The third-order valence-corrected chi connectivity index (χ3v) is 2.43. The van der Waals surface area contributed by atoms with E-state index in [-0.39, 0.29) is 19.0 Å². The van der Waals surface area contributed by atoms with E-state index in [0.29, 0.717) is 12.2 Å². The fourth-order valence-corrected chi connectivity index (χ4v) is 1.56. The lowest BCUT2D eigenvalue weighted by Crippen LogP contribution is -2.32. The van der Waals surface area contributed by atoms with Gasteiger partial charge in [-0.15, -0.1) is 0 Å². The Morgan fingerprint density at radius 1 is 1.40 bits per heavy atom. The standard InChI is InChI=1S/C11H13BO3/c1-8-7-14-12(15-8)11-5-3-10(4-6-11)9(2)13/h3-6,8H,7H2,1-2H3. The quantitative estimate of drug-likeness (QED) is 0.532. The molecule has 1 atom stereocenters. The SMILES string of the molecule is CC(=O)c1ccc(B2OCC(C)O2)cc1. The van der Waals surface area contributed by atoms with E-state index >= 15 is 0 Å². The molecule has 1 aromatic carbocycles. The zero-order valence-corrected chi connectivity index (χ0v) is 8.90. The molecule has 0 N–H and O–H groups in total. The van der Waals surface area contributed by atoms with Crippen molar-refractivity contribution in [2.24, 2.45) is 0 Å². The summed E-state index contributed by atoms with van der Waals surface area (Å²) < 4.78 is 11.0. The molecule has 0 amide bonds. The molecule has 1 aliphatic heterocycles. The average Bonchev–Trinajstić information content (AvgIpc) is 2.65. The van der Waals surface area contributed by atoms with E-state index in [4.69, 9.17) is 9.31 Å². The predicted molar refractivity (Wildman–Crippen MR) is 58.3 cm³/mol. The van der Waals surface area contributed by atoms with Crippen molar-refractivity contribution in [3.05, 3.63) is 29.8 Å². The highest BCUT2D eigenvalue weighted by atomic mass is 16.6. The Morgan fingerprint density at radius 3 is 2.53 bits per heavy atom. The molecule has 0 saturated carbocycles. The molecule has 0 aromatic heterocycles. The summed E-state index contributed by atoms with van der Waals surface area (Å²) in [6, 6.07) is 7.35. The van der Waals surface area contributed by atoms with Crippen molar-refractivity contribution >= 4 is 18.4 Å². The third-order valence-electron chi connectivity index (χ3n) is 2.43. The van der Waals surface area contributed by atoms with Gasteiger partial charge in [-0.2, -0.15) is 0 Å². The van der Waals surface area contributed by atoms with Crippen molar-refractivity contribution in [2.45, 2.75) is 20.0 Å². The van der Waals surface area contributed by atoms with Crippen molar-refractivity contribution in [1.82, 2.24) is 0 Å². The van der Waals surface area contributed by atoms with Gasteiger partial charge in [0.1, 0.15) is 0 Å². The van der Waals surface area contributed by atoms with Gasteiger partial charge in [0.15, 0.2) is 5.78 Å². The smallest absolute Gasteiger partial charge is 0.405 e. The number of carbonyl (C=O) groups excluding carboxylic acids is 1. The van der Waals surface area contributed by atoms with Gasteiger partial charge in [-0.1, -0.05) is 24.3 Å². The topological polar surface area (TPSA) is 35.5 Å². The van der Waals surface area contributed by atoms with Gasteiger partial charge in [-0.3, -0.25) is 4.79 Å². The summed E-state index contributed by atoms with van der Waals surface area (Å²) in [5.41, 5.74) is 1.68. The molecule has 78 valence electrons. The summed E-state index contributed by atoms with van der Waals surface area (Å²) in [4.78, 5) is 11.1. The largest absolute Gasteiger partial charge is 0.494 e. The maximum Gasteiger partial charge on any atom is 0.494 e. The highest BCUT2D eigenvalue weighted by molar-refractivity contribution is 6.61. The minimum absolute atomic E-state index is 0.0724. The highest BCUT2D eigenvalue weighted by Crippen LogP contribution is 2.08. The molecule has 0 spiro atoms. The number of benzene rings is 1. The molecular weight excluding hydrogens is 191 g/mol. The Kier molecular flexibility index (Phi) is 2.89. The number of rotatable bonds is 2. The third kappa shape index (κ3) is 2.27. The van der Waals surface area contributed by atoms with Crippen LogP contribution in [0.15, 0.2) is 24.3 Å². The first-order valence-corrected chi connectivity index (χ1v) is 5.05. The first kappa shape index (κ1) is 10.4. The van der Waals surface area contributed by atoms with Gasteiger partial charge in [0.25, 0.3) is 0 Å². The molecule has 3 nitrogen and oxygen atoms in total. The molecular formula is C11H13BO3. The predicted octanol–water partition coefficient (Wildman–Crippen LogP) is 1.02. The average molecular weight is 204 g/mol. The minimum Gasteiger partial charge on any atom is -0.405 e. The van der Waals surface area contributed by atoms with Crippen LogP contribution in [0.25, 0.3) is 0 Å². The molecule has 1 saturated heterocycles. The zero-order valence-electron chi connectivity index (χ0n) is 8.90. The Bertz CT molecular complexity index is 361. The molecule has 0 radical (unpaired) electrons. The van der Waals surface area contributed by atoms with E-state index in [1.807, 2.05) is 19.1 Å². The highest BCUT2D eigenvalue weighted by Gasteiger charge is 2.30. The number of Topliss-reactive ketones (excluding diaryl/α,β-unsaturated/α-hetero) is 1. The Morgan fingerprint density at radius 2 is 2.07 bits per heavy atom. The van der Waals surface area contributed by atoms with E-state index in [1.54, 1.807) is 19.1 Å². The van der Waals surface area contributed by atoms with Crippen LogP contribution in [0.5, 0.6) is 0 Å². The van der Waals surface area contributed by atoms with Crippen LogP contribution in [0.1, 0.15) is 24.2 Å². The number of carbonyl (C=O) groups is 1. The van der Waals surface area contributed by atoms with E-state index in [1.165, 1.54) is 0 Å². The van der Waals surface area contributed by atoms with Crippen molar-refractivity contribution in [3.63, 3.8) is 0 Å². The number of hydrogen-bond acceptors (Lipinski definition) is 3. The van der Waals surface area contributed by atoms with Gasteiger partial charge in [0, 0.05) is 5.56 Å². The van der Waals surface area contributed by atoms with Crippen molar-refractivity contribution in [1.29, 1.82) is 0 Å². The summed E-state index contributed by atoms with van der Waals surface area (Å²) in [7, 11) is -0.277. The molecule has 1 fully saturated rings. The van der Waals surface area contributed by atoms with Gasteiger partial charge in [0.05, 0.1) is 12.7 Å².